The first kappa shape index (κ1) is 14.6. The summed E-state index contributed by atoms with van der Waals surface area (Å²) < 4.78 is 9.87. The van der Waals surface area contributed by atoms with Crippen LogP contribution in [-0.4, -0.2) is 9.78 Å². The van der Waals surface area contributed by atoms with Crippen LogP contribution in [0.4, 0.5) is 0 Å². The molecule has 0 unspecified atom stereocenters. The maximum atomic E-state index is 5.87. The smallest absolute Gasteiger partial charge is 0.131 e. The van der Waals surface area contributed by atoms with Gasteiger partial charge in [-0.1, -0.05) is 15.9 Å². The van der Waals surface area contributed by atoms with Gasteiger partial charge in [-0.25, -0.2) is 0 Å². The van der Waals surface area contributed by atoms with Gasteiger partial charge < -0.3 is 4.74 Å². The molecule has 5 heteroatoms. The zero-order valence-corrected chi connectivity index (χ0v) is 14.6. The second kappa shape index (κ2) is 5.67. The molecule has 0 aliphatic heterocycles. The van der Waals surface area contributed by atoms with Gasteiger partial charge in [-0.05, 0) is 60.0 Å². The number of rotatable bonds is 3. The van der Waals surface area contributed by atoms with Gasteiger partial charge >= 0.3 is 0 Å². The van der Waals surface area contributed by atoms with Crippen LogP contribution in [0.25, 0.3) is 0 Å². The van der Waals surface area contributed by atoms with Gasteiger partial charge in [0, 0.05) is 11.5 Å². The van der Waals surface area contributed by atoms with E-state index in [-0.39, 0.29) is 0 Å². The van der Waals surface area contributed by atoms with E-state index in [0.29, 0.717) is 6.61 Å². The number of hydrogen-bond donors (Lipinski definition) is 0. The van der Waals surface area contributed by atoms with Crippen LogP contribution in [0.3, 0.4) is 0 Å². The highest BCUT2D eigenvalue weighted by Crippen LogP contribution is 2.28. The fourth-order valence-corrected chi connectivity index (χ4v) is 2.66. The SMILES string of the molecule is Cc1cc(OCc2c(Br)c(C)nn2C)cc(C)c1Br. The second-order valence-electron chi connectivity index (χ2n) is 4.63. The van der Waals surface area contributed by atoms with Crippen molar-refractivity contribution < 1.29 is 4.74 Å². The quantitative estimate of drug-likeness (QED) is 0.777. The first-order valence-corrected chi connectivity index (χ1v) is 7.56. The molecule has 3 nitrogen and oxygen atoms in total. The van der Waals surface area contributed by atoms with Crippen LogP contribution < -0.4 is 4.74 Å². The van der Waals surface area contributed by atoms with E-state index in [1.807, 2.05) is 30.8 Å². The van der Waals surface area contributed by atoms with Gasteiger partial charge in [-0.3, -0.25) is 4.68 Å². The molecule has 1 aromatic carbocycles. The van der Waals surface area contributed by atoms with Crippen LogP contribution in [0.2, 0.25) is 0 Å². The molecule has 1 heterocycles. The number of hydrogen-bond acceptors (Lipinski definition) is 2. The Balaban J connectivity index is 2.19. The van der Waals surface area contributed by atoms with Crippen molar-refractivity contribution in [2.24, 2.45) is 7.05 Å². The topological polar surface area (TPSA) is 27.1 Å². The molecule has 0 radical (unpaired) electrons. The summed E-state index contributed by atoms with van der Waals surface area (Å²) in [6.07, 6.45) is 0. The Bertz CT molecular complexity index is 597. The maximum Gasteiger partial charge on any atom is 0.131 e. The number of aromatic nitrogens is 2. The van der Waals surface area contributed by atoms with E-state index in [9.17, 15) is 0 Å². The largest absolute Gasteiger partial charge is 0.487 e. The molecule has 2 rings (SSSR count). The van der Waals surface area contributed by atoms with Crippen molar-refractivity contribution in [1.29, 1.82) is 0 Å². The van der Waals surface area contributed by atoms with Gasteiger partial charge in [0.1, 0.15) is 12.4 Å². The third kappa shape index (κ3) is 3.03. The van der Waals surface area contributed by atoms with Gasteiger partial charge in [0.15, 0.2) is 0 Å². The van der Waals surface area contributed by atoms with Crippen molar-refractivity contribution in [2.75, 3.05) is 0 Å². The van der Waals surface area contributed by atoms with Gasteiger partial charge in [0.25, 0.3) is 0 Å². The molecular formula is C14H16Br2N2O. The first-order valence-electron chi connectivity index (χ1n) is 5.97. The third-order valence-electron chi connectivity index (χ3n) is 3.05. The Morgan fingerprint density at radius 1 is 1.11 bits per heavy atom. The summed E-state index contributed by atoms with van der Waals surface area (Å²) in [4.78, 5) is 0. The zero-order chi connectivity index (χ0) is 14.2. The summed E-state index contributed by atoms with van der Waals surface area (Å²) >= 11 is 7.10. The highest BCUT2D eigenvalue weighted by Gasteiger charge is 2.11. The Hall–Kier alpha value is -0.810. The minimum absolute atomic E-state index is 0.498. The second-order valence-corrected chi connectivity index (χ2v) is 6.22. The van der Waals surface area contributed by atoms with Crippen LogP contribution in [0.15, 0.2) is 21.1 Å². The van der Waals surface area contributed by atoms with Gasteiger partial charge in [-0.2, -0.15) is 5.10 Å². The standard InChI is InChI=1S/C14H16Br2N2O/c1-8-5-11(6-9(2)13(8)15)19-7-12-14(16)10(3)17-18(12)4/h5-6H,7H2,1-4H3. The molecule has 0 saturated carbocycles. The molecule has 0 spiro atoms. The van der Waals surface area contributed by atoms with E-state index in [0.717, 1.165) is 26.1 Å². The van der Waals surface area contributed by atoms with E-state index in [1.54, 1.807) is 0 Å². The van der Waals surface area contributed by atoms with Crippen LogP contribution in [-0.2, 0) is 13.7 Å². The van der Waals surface area contributed by atoms with E-state index in [4.69, 9.17) is 4.74 Å². The minimum Gasteiger partial charge on any atom is -0.487 e. The van der Waals surface area contributed by atoms with Gasteiger partial charge in [0.2, 0.25) is 0 Å². The predicted octanol–water partition coefficient (Wildman–Crippen LogP) is 4.45. The molecule has 0 aliphatic carbocycles. The van der Waals surface area contributed by atoms with Gasteiger partial charge in [-0.15, -0.1) is 0 Å². The molecule has 102 valence electrons. The molecule has 19 heavy (non-hydrogen) atoms. The lowest BCUT2D eigenvalue weighted by Crippen LogP contribution is -2.04. The van der Waals surface area contributed by atoms with Gasteiger partial charge in [0.05, 0.1) is 15.9 Å². The van der Waals surface area contributed by atoms with Crippen molar-refractivity contribution in [2.45, 2.75) is 27.4 Å². The summed E-state index contributed by atoms with van der Waals surface area (Å²) in [5.74, 6) is 0.879. The number of nitrogens with zero attached hydrogens (tertiary/aromatic N) is 2. The third-order valence-corrected chi connectivity index (χ3v) is 5.33. The molecule has 0 amide bonds. The maximum absolute atomic E-state index is 5.87. The molecule has 2 aromatic rings. The summed E-state index contributed by atoms with van der Waals surface area (Å²) in [7, 11) is 1.93. The summed E-state index contributed by atoms with van der Waals surface area (Å²) in [6.45, 7) is 6.60. The average molecular weight is 388 g/mol. The number of halogens is 2. The Kier molecular flexibility index (Phi) is 4.36. The van der Waals surface area contributed by atoms with Crippen LogP contribution in [0.1, 0.15) is 22.5 Å². The molecular weight excluding hydrogens is 372 g/mol. The summed E-state index contributed by atoms with van der Waals surface area (Å²) in [5.41, 5.74) is 4.37. The average Bonchev–Trinajstić information content (AvgIpc) is 2.58. The normalized spacial score (nSPS) is 10.8. The lowest BCUT2D eigenvalue weighted by molar-refractivity contribution is 0.293. The lowest BCUT2D eigenvalue weighted by Gasteiger charge is -2.10. The Morgan fingerprint density at radius 3 is 2.16 bits per heavy atom. The number of aryl methyl sites for hydroxylation is 4. The molecule has 1 aromatic heterocycles. The van der Waals surface area contributed by atoms with Crippen LogP contribution in [0.5, 0.6) is 5.75 Å². The summed E-state index contributed by atoms with van der Waals surface area (Å²) in [5, 5.41) is 4.35. The highest BCUT2D eigenvalue weighted by molar-refractivity contribution is 9.10. The summed E-state index contributed by atoms with van der Waals surface area (Å²) in [6, 6.07) is 4.07. The Labute approximate surface area is 130 Å². The zero-order valence-electron chi connectivity index (χ0n) is 11.4. The van der Waals surface area contributed by atoms with Crippen molar-refractivity contribution in [3.63, 3.8) is 0 Å². The van der Waals surface area contributed by atoms with E-state index >= 15 is 0 Å². The predicted molar refractivity (Wildman–Crippen MR) is 83.6 cm³/mol. The van der Waals surface area contributed by atoms with Crippen molar-refractivity contribution in [1.82, 2.24) is 9.78 Å². The highest BCUT2D eigenvalue weighted by atomic mass is 79.9. The van der Waals surface area contributed by atoms with E-state index in [1.165, 1.54) is 11.1 Å². The molecule has 0 atom stereocenters. The molecule has 0 bridgehead atoms. The Morgan fingerprint density at radius 2 is 1.68 bits per heavy atom. The van der Waals surface area contributed by atoms with E-state index in [2.05, 4.69) is 50.8 Å². The van der Waals surface area contributed by atoms with Crippen LogP contribution in [0, 0.1) is 20.8 Å². The molecule has 0 N–H and O–H groups in total. The minimum atomic E-state index is 0.498. The monoisotopic (exact) mass is 386 g/mol. The van der Waals surface area contributed by atoms with Crippen molar-refractivity contribution in [3.05, 3.63) is 43.6 Å². The molecule has 0 aliphatic rings. The number of ether oxygens (including phenoxy) is 1. The van der Waals surface area contributed by atoms with Crippen molar-refractivity contribution >= 4 is 31.9 Å². The fourth-order valence-electron chi connectivity index (χ4n) is 1.98. The first-order chi connectivity index (χ1) is 8.90. The van der Waals surface area contributed by atoms with E-state index < -0.39 is 0 Å². The fraction of sp³-hybridized carbons (Fsp3) is 0.357. The lowest BCUT2D eigenvalue weighted by atomic mass is 10.1. The van der Waals surface area contributed by atoms with Crippen LogP contribution >= 0.6 is 31.9 Å². The number of benzene rings is 1. The van der Waals surface area contributed by atoms with Crippen molar-refractivity contribution in [3.8, 4) is 5.75 Å². The molecule has 0 saturated heterocycles. The molecule has 0 fully saturated rings.